The zero-order valence-corrected chi connectivity index (χ0v) is 17.2. The first kappa shape index (κ1) is 20.5. The van der Waals surface area contributed by atoms with E-state index in [1.54, 1.807) is 0 Å². The van der Waals surface area contributed by atoms with Crippen LogP contribution in [-0.2, 0) is 30.9 Å². The standard InChI is InChI=1S/C21H23N3O5S/c25-20-9-10-21(26)24(20)18-5-7-19(8-6-18)30(27,28)22-15-16-1-3-17(4-2-16)23-11-13-29-14-12-23/h1-8,22H,9-15H2. The van der Waals surface area contributed by atoms with Gasteiger partial charge in [-0.1, -0.05) is 12.1 Å². The Balaban J connectivity index is 1.39. The third-order valence-electron chi connectivity index (χ3n) is 5.24. The Morgan fingerprint density at radius 1 is 0.833 bits per heavy atom. The molecule has 0 aliphatic carbocycles. The van der Waals surface area contributed by atoms with E-state index in [1.807, 2.05) is 24.3 Å². The SMILES string of the molecule is O=C1CCC(=O)N1c1ccc(S(=O)(=O)NCc2ccc(N3CCOCC3)cc2)cc1. The Labute approximate surface area is 175 Å². The van der Waals surface area contributed by atoms with Crippen LogP contribution in [0.4, 0.5) is 11.4 Å². The molecule has 8 nitrogen and oxygen atoms in total. The first-order valence-corrected chi connectivity index (χ1v) is 11.3. The van der Waals surface area contributed by atoms with Crippen molar-refractivity contribution in [2.75, 3.05) is 36.1 Å². The molecule has 2 aliphatic heterocycles. The highest BCUT2D eigenvalue weighted by molar-refractivity contribution is 7.89. The number of nitrogens with one attached hydrogen (secondary N) is 1. The molecule has 2 aromatic carbocycles. The van der Waals surface area contributed by atoms with Gasteiger partial charge in [-0.3, -0.25) is 14.5 Å². The minimum atomic E-state index is -3.72. The molecule has 2 heterocycles. The van der Waals surface area contributed by atoms with Gasteiger partial charge in [0.1, 0.15) is 0 Å². The molecule has 2 amide bonds. The molecule has 0 bridgehead atoms. The van der Waals surface area contributed by atoms with Crippen molar-refractivity contribution in [3.63, 3.8) is 0 Å². The van der Waals surface area contributed by atoms with Gasteiger partial charge in [0.25, 0.3) is 0 Å². The van der Waals surface area contributed by atoms with Gasteiger partial charge in [0, 0.05) is 38.2 Å². The lowest BCUT2D eigenvalue weighted by atomic mass is 10.2. The van der Waals surface area contributed by atoms with E-state index in [1.165, 1.54) is 24.3 Å². The van der Waals surface area contributed by atoms with Crippen LogP contribution in [0.1, 0.15) is 18.4 Å². The number of carbonyl (C=O) groups excluding carboxylic acids is 2. The van der Waals surface area contributed by atoms with E-state index in [9.17, 15) is 18.0 Å². The number of rotatable bonds is 6. The van der Waals surface area contributed by atoms with E-state index >= 15 is 0 Å². The number of morpholine rings is 1. The first-order chi connectivity index (χ1) is 14.4. The minimum absolute atomic E-state index is 0.0790. The zero-order valence-electron chi connectivity index (χ0n) is 16.4. The maximum absolute atomic E-state index is 12.6. The summed E-state index contributed by atoms with van der Waals surface area (Å²) in [7, 11) is -3.72. The Kier molecular flexibility index (Phi) is 5.85. The maximum atomic E-state index is 12.6. The summed E-state index contributed by atoms with van der Waals surface area (Å²) < 4.78 is 33.1. The molecule has 2 aliphatic rings. The van der Waals surface area contributed by atoms with Gasteiger partial charge in [0.05, 0.1) is 23.8 Å². The number of hydrogen-bond donors (Lipinski definition) is 1. The van der Waals surface area contributed by atoms with Gasteiger partial charge in [-0.25, -0.2) is 13.1 Å². The average Bonchev–Trinajstić information content (AvgIpc) is 3.11. The second-order valence-corrected chi connectivity index (χ2v) is 8.97. The molecule has 0 unspecified atom stereocenters. The summed E-state index contributed by atoms with van der Waals surface area (Å²) in [6.07, 6.45) is 0.371. The molecule has 4 rings (SSSR count). The van der Waals surface area contributed by atoms with Crippen molar-refractivity contribution in [2.45, 2.75) is 24.3 Å². The number of benzene rings is 2. The van der Waals surface area contributed by atoms with Crippen LogP contribution < -0.4 is 14.5 Å². The summed E-state index contributed by atoms with van der Waals surface area (Å²) >= 11 is 0. The Bertz CT molecular complexity index is 1010. The van der Waals surface area contributed by atoms with E-state index in [-0.39, 0.29) is 36.1 Å². The van der Waals surface area contributed by atoms with Gasteiger partial charge in [-0.2, -0.15) is 0 Å². The Morgan fingerprint density at radius 3 is 2.00 bits per heavy atom. The monoisotopic (exact) mass is 429 g/mol. The van der Waals surface area contributed by atoms with Crippen LogP contribution >= 0.6 is 0 Å². The molecule has 2 aromatic rings. The smallest absolute Gasteiger partial charge is 0.240 e. The van der Waals surface area contributed by atoms with E-state index < -0.39 is 10.0 Å². The van der Waals surface area contributed by atoms with Crippen molar-refractivity contribution in [2.24, 2.45) is 0 Å². The van der Waals surface area contributed by atoms with Crippen molar-refractivity contribution >= 4 is 33.2 Å². The quantitative estimate of drug-likeness (QED) is 0.702. The average molecular weight is 429 g/mol. The molecule has 1 N–H and O–H groups in total. The topological polar surface area (TPSA) is 96.0 Å². The van der Waals surface area contributed by atoms with Gasteiger partial charge < -0.3 is 9.64 Å². The molecule has 9 heteroatoms. The fraction of sp³-hybridized carbons (Fsp3) is 0.333. The number of hydrogen-bond acceptors (Lipinski definition) is 6. The largest absolute Gasteiger partial charge is 0.378 e. The number of nitrogens with zero attached hydrogens (tertiary/aromatic N) is 2. The summed E-state index contributed by atoms with van der Waals surface area (Å²) in [4.78, 5) is 27.0. The van der Waals surface area contributed by atoms with Gasteiger partial charge in [-0.15, -0.1) is 0 Å². The lowest BCUT2D eigenvalue weighted by Crippen LogP contribution is -2.36. The highest BCUT2D eigenvalue weighted by atomic mass is 32.2. The van der Waals surface area contributed by atoms with Gasteiger partial charge in [0.15, 0.2) is 0 Å². The summed E-state index contributed by atoms with van der Waals surface area (Å²) in [5, 5.41) is 0. The van der Waals surface area contributed by atoms with Crippen molar-refractivity contribution in [1.29, 1.82) is 0 Å². The fourth-order valence-electron chi connectivity index (χ4n) is 3.55. The van der Waals surface area contributed by atoms with E-state index in [0.29, 0.717) is 18.9 Å². The van der Waals surface area contributed by atoms with E-state index in [0.717, 1.165) is 29.2 Å². The second kappa shape index (κ2) is 8.55. The first-order valence-electron chi connectivity index (χ1n) is 9.81. The molecule has 0 spiro atoms. The highest BCUT2D eigenvalue weighted by Crippen LogP contribution is 2.24. The molecule has 158 valence electrons. The van der Waals surface area contributed by atoms with Crippen molar-refractivity contribution in [3.8, 4) is 0 Å². The minimum Gasteiger partial charge on any atom is -0.378 e. The summed E-state index contributed by atoms with van der Waals surface area (Å²) in [5.41, 5.74) is 2.33. The summed E-state index contributed by atoms with van der Waals surface area (Å²) in [6, 6.07) is 13.5. The maximum Gasteiger partial charge on any atom is 0.240 e. The van der Waals surface area contributed by atoms with Gasteiger partial charge in [0.2, 0.25) is 21.8 Å². The number of ether oxygens (including phenoxy) is 1. The lowest BCUT2D eigenvalue weighted by molar-refractivity contribution is -0.121. The molecule has 2 fully saturated rings. The molecular weight excluding hydrogens is 406 g/mol. The Morgan fingerprint density at radius 2 is 1.40 bits per heavy atom. The van der Waals surface area contributed by atoms with Gasteiger partial charge >= 0.3 is 0 Å². The van der Waals surface area contributed by atoms with Crippen LogP contribution in [-0.4, -0.2) is 46.5 Å². The molecule has 0 saturated carbocycles. The van der Waals surface area contributed by atoms with Crippen molar-refractivity contribution < 1.29 is 22.7 Å². The third-order valence-corrected chi connectivity index (χ3v) is 6.65. The van der Waals surface area contributed by atoms with Crippen molar-refractivity contribution in [1.82, 2.24) is 4.72 Å². The van der Waals surface area contributed by atoms with Crippen LogP contribution in [0.15, 0.2) is 53.4 Å². The number of amides is 2. The van der Waals surface area contributed by atoms with Gasteiger partial charge in [-0.05, 0) is 42.0 Å². The van der Waals surface area contributed by atoms with Crippen LogP contribution in [0.25, 0.3) is 0 Å². The predicted molar refractivity (Wildman–Crippen MR) is 112 cm³/mol. The molecule has 2 saturated heterocycles. The zero-order chi connectivity index (χ0) is 21.1. The Hall–Kier alpha value is -2.75. The van der Waals surface area contributed by atoms with Crippen LogP contribution in [0, 0.1) is 0 Å². The fourth-order valence-corrected chi connectivity index (χ4v) is 4.56. The molecule has 0 radical (unpaired) electrons. The van der Waals surface area contributed by atoms with E-state index in [4.69, 9.17) is 4.74 Å². The second-order valence-electron chi connectivity index (χ2n) is 7.21. The number of carbonyl (C=O) groups is 2. The number of anilines is 2. The molecule has 0 atom stereocenters. The third kappa shape index (κ3) is 4.38. The normalized spacial score (nSPS) is 17.6. The number of imide groups is 1. The van der Waals surface area contributed by atoms with E-state index in [2.05, 4.69) is 9.62 Å². The summed E-state index contributed by atoms with van der Waals surface area (Å²) in [6.45, 7) is 3.27. The number of sulfonamides is 1. The van der Waals surface area contributed by atoms with Crippen LogP contribution in [0.3, 0.4) is 0 Å². The van der Waals surface area contributed by atoms with Crippen molar-refractivity contribution in [3.05, 3.63) is 54.1 Å². The molecule has 0 aromatic heterocycles. The lowest BCUT2D eigenvalue weighted by Gasteiger charge is -2.28. The van der Waals surface area contributed by atoms with Crippen LogP contribution in [0.5, 0.6) is 0 Å². The molecular formula is C21H23N3O5S. The van der Waals surface area contributed by atoms with Crippen LogP contribution in [0.2, 0.25) is 0 Å². The molecule has 30 heavy (non-hydrogen) atoms. The summed E-state index contributed by atoms with van der Waals surface area (Å²) in [5.74, 6) is -0.538. The highest BCUT2D eigenvalue weighted by Gasteiger charge is 2.30. The predicted octanol–water partition coefficient (Wildman–Crippen LogP) is 1.66.